The molecule has 3 aliphatic rings. The summed E-state index contributed by atoms with van der Waals surface area (Å²) in [5.74, 6) is 4.29. The minimum atomic E-state index is 0.855. The van der Waals surface area contributed by atoms with Crippen molar-refractivity contribution in [2.75, 3.05) is 6.54 Å². The van der Waals surface area contributed by atoms with Gasteiger partial charge in [-0.2, -0.15) is 0 Å². The van der Waals surface area contributed by atoms with Gasteiger partial charge in [-0.25, -0.2) is 0 Å². The molecule has 1 N–H and O–H groups in total. The number of hydrogen-bond acceptors (Lipinski definition) is 1. The third kappa shape index (κ3) is 3.24. The van der Waals surface area contributed by atoms with Gasteiger partial charge in [-0.3, -0.25) is 0 Å². The lowest BCUT2D eigenvalue weighted by molar-refractivity contribution is 0.258. The molecule has 0 aliphatic heterocycles. The quantitative estimate of drug-likeness (QED) is 0.734. The van der Waals surface area contributed by atoms with Crippen LogP contribution in [0.15, 0.2) is 0 Å². The predicted octanol–water partition coefficient (Wildman–Crippen LogP) is 3.98. The zero-order valence-corrected chi connectivity index (χ0v) is 11.5. The standard InChI is InChI=1S/C16H29N/c1-2-12-4-3-5-15(10-12)17-11-16(13-6-7-13)14-8-9-14/h12-17H,2-11H2,1H3. The van der Waals surface area contributed by atoms with Gasteiger partial charge in [0.05, 0.1) is 0 Å². The van der Waals surface area contributed by atoms with Gasteiger partial charge in [-0.05, 0) is 68.7 Å². The van der Waals surface area contributed by atoms with Crippen molar-refractivity contribution in [3.05, 3.63) is 0 Å². The minimum absolute atomic E-state index is 0.855. The highest BCUT2D eigenvalue weighted by atomic mass is 14.9. The van der Waals surface area contributed by atoms with Crippen molar-refractivity contribution >= 4 is 0 Å². The molecule has 0 heterocycles. The van der Waals surface area contributed by atoms with E-state index >= 15 is 0 Å². The normalized spacial score (nSPS) is 34.2. The van der Waals surface area contributed by atoms with Crippen molar-refractivity contribution in [3.63, 3.8) is 0 Å². The molecule has 0 aromatic heterocycles. The maximum atomic E-state index is 3.93. The van der Waals surface area contributed by atoms with Crippen molar-refractivity contribution in [2.24, 2.45) is 23.7 Å². The van der Waals surface area contributed by atoms with Gasteiger partial charge in [-0.15, -0.1) is 0 Å². The molecule has 17 heavy (non-hydrogen) atoms. The van der Waals surface area contributed by atoms with Gasteiger partial charge in [0, 0.05) is 6.04 Å². The van der Waals surface area contributed by atoms with Crippen molar-refractivity contribution in [1.29, 1.82) is 0 Å². The fourth-order valence-corrected chi connectivity index (χ4v) is 3.92. The third-order valence-corrected chi connectivity index (χ3v) is 5.46. The summed E-state index contributed by atoms with van der Waals surface area (Å²) in [5, 5.41) is 3.93. The van der Waals surface area contributed by atoms with Crippen molar-refractivity contribution in [2.45, 2.75) is 70.8 Å². The van der Waals surface area contributed by atoms with Crippen LogP contribution in [-0.2, 0) is 0 Å². The molecule has 2 atom stereocenters. The maximum absolute atomic E-state index is 3.93. The molecule has 3 rings (SSSR count). The lowest BCUT2D eigenvalue weighted by Gasteiger charge is -2.30. The second-order valence-electron chi connectivity index (χ2n) is 6.88. The average Bonchev–Trinajstić information content (AvgIpc) is 3.22. The Balaban J connectivity index is 1.42. The van der Waals surface area contributed by atoms with Crippen LogP contribution in [0.3, 0.4) is 0 Å². The summed E-state index contributed by atoms with van der Waals surface area (Å²) in [6.45, 7) is 3.71. The van der Waals surface area contributed by atoms with Crippen molar-refractivity contribution in [3.8, 4) is 0 Å². The SMILES string of the molecule is CCC1CCCC(NCC(C2CC2)C2CC2)C1. The van der Waals surface area contributed by atoms with E-state index in [0.29, 0.717) is 0 Å². The first-order valence-corrected chi connectivity index (χ1v) is 8.10. The van der Waals surface area contributed by atoms with Crippen LogP contribution < -0.4 is 5.32 Å². The molecule has 1 heteroatoms. The summed E-state index contributed by atoms with van der Waals surface area (Å²) in [6, 6.07) is 0.855. The van der Waals surface area contributed by atoms with E-state index in [2.05, 4.69) is 12.2 Å². The van der Waals surface area contributed by atoms with Gasteiger partial charge in [0.1, 0.15) is 0 Å². The number of nitrogens with one attached hydrogen (secondary N) is 1. The second-order valence-corrected chi connectivity index (χ2v) is 6.88. The Morgan fingerprint density at radius 2 is 1.71 bits per heavy atom. The molecule has 3 fully saturated rings. The van der Waals surface area contributed by atoms with Gasteiger partial charge < -0.3 is 5.32 Å². The highest BCUT2D eigenvalue weighted by Crippen LogP contribution is 2.48. The molecule has 0 bridgehead atoms. The first-order chi connectivity index (χ1) is 8.36. The monoisotopic (exact) mass is 235 g/mol. The van der Waals surface area contributed by atoms with Crippen LogP contribution in [0.25, 0.3) is 0 Å². The molecule has 0 aromatic carbocycles. The zero-order chi connectivity index (χ0) is 11.7. The first-order valence-electron chi connectivity index (χ1n) is 8.10. The topological polar surface area (TPSA) is 12.0 Å². The van der Waals surface area contributed by atoms with Gasteiger partial charge in [-0.1, -0.05) is 26.2 Å². The van der Waals surface area contributed by atoms with Crippen LogP contribution in [0.4, 0.5) is 0 Å². The summed E-state index contributed by atoms with van der Waals surface area (Å²) in [7, 11) is 0. The Morgan fingerprint density at radius 3 is 2.29 bits per heavy atom. The summed E-state index contributed by atoms with van der Waals surface area (Å²) in [4.78, 5) is 0. The van der Waals surface area contributed by atoms with Crippen LogP contribution >= 0.6 is 0 Å². The summed E-state index contributed by atoms with van der Waals surface area (Å²) in [5.41, 5.74) is 0. The van der Waals surface area contributed by atoms with E-state index in [4.69, 9.17) is 0 Å². The zero-order valence-electron chi connectivity index (χ0n) is 11.5. The van der Waals surface area contributed by atoms with Crippen LogP contribution in [0, 0.1) is 23.7 Å². The van der Waals surface area contributed by atoms with E-state index in [1.807, 2.05) is 0 Å². The van der Waals surface area contributed by atoms with Crippen molar-refractivity contribution in [1.82, 2.24) is 5.32 Å². The Hall–Kier alpha value is -0.0400. The lowest BCUT2D eigenvalue weighted by atomic mass is 9.84. The highest BCUT2D eigenvalue weighted by Gasteiger charge is 2.41. The summed E-state index contributed by atoms with van der Waals surface area (Å²) < 4.78 is 0. The molecule has 0 amide bonds. The molecular formula is C16H29N. The average molecular weight is 235 g/mol. The molecule has 2 unspecified atom stereocenters. The van der Waals surface area contributed by atoms with E-state index in [1.165, 1.54) is 64.3 Å². The Bertz CT molecular complexity index is 230. The van der Waals surface area contributed by atoms with E-state index in [-0.39, 0.29) is 0 Å². The molecule has 98 valence electrons. The van der Waals surface area contributed by atoms with Crippen LogP contribution in [0.5, 0.6) is 0 Å². The predicted molar refractivity (Wildman–Crippen MR) is 73.0 cm³/mol. The summed E-state index contributed by atoms with van der Waals surface area (Å²) >= 11 is 0. The molecular weight excluding hydrogens is 206 g/mol. The van der Waals surface area contributed by atoms with Crippen LogP contribution in [0.2, 0.25) is 0 Å². The molecule has 3 aliphatic carbocycles. The highest BCUT2D eigenvalue weighted by molar-refractivity contribution is 4.93. The number of rotatable bonds is 6. The van der Waals surface area contributed by atoms with Gasteiger partial charge >= 0.3 is 0 Å². The first kappa shape index (κ1) is 12.0. The third-order valence-electron chi connectivity index (χ3n) is 5.46. The van der Waals surface area contributed by atoms with Crippen LogP contribution in [-0.4, -0.2) is 12.6 Å². The van der Waals surface area contributed by atoms with E-state index < -0.39 is 0 Å². The Labute approximate surface area is 107 Å². The largest absolute Gasteiger partial charge is 0.314 e. The molecule has 0 aromatic rings. The van der Waals surface area contributed by atoms with Gasteiger partial charge in [0.15, 0.2) is 0 Å². The van der Waals surface area contributed by atoms with E-state index in [0.717, 1.165) is 29.7 Å². The Morgan fingerprint density at radius 1 is 1.00 bits per heavy atom. The van der Waals surface area contributed by atoms with Gasteiger partial charge in [0.25, 0.3) is 0 Å². The van der Waals surface area contributed by atoms with Gasteiger partial charge in [0.2, 0.25) is 0 Å². The lowest BCUT2D eigenvalue weighted by Crippen LogP contribution is -2.38. The Kier molecular flexibility index (Phi) is 3.75. The maximum Gasteiger partial charge on any atom is 0.00698 e. The molecule has 1 nitrogen and oxygen atoms in total. The molecule has 0 saturated heterocycles. The second kappa shape index (κ2) is 5.30. The smallest absolute Gasteiger partial charge is 0.00698 e. The van der Waals surface area contributed by atoms with E-state index in [9.17, 15) is 0 Å². The summed E-state index contributed by atoms with van der Waals surface area (Å²) in [6.07, 6.45) is 13.4. The van der Waals surface area contributed by atoms with Crippen LogP contribution in [0.1, 0.15) is 64.7 Å². The molecule has 0 radical (unpaired) electrons. The molecule has 0 spiro atoms. The van der Waals surface area contributed by atoms with Crippen molar-refractivity contribution < 1.29 is 0 Å². The fourth-order valence-electron chi connectivity index (χ4n) is 3.92. The fraction of sp³-hybridized carbons (Fsp3) is 1.00. The minimum Gasteiger partial charge on any atom is -0.314 e. The van der Waals surface area contributed by atoms with E-state index in [1.54, 1.807) is 0 Å². The molecule has 3 saturated carbocycles. The number of hydrogen-bond donors (Lipinski definition) is 1.